The van der Waals surface area contributed by atoms with Gasteiger partial charge in [-0.25, -0.2) is 4.21 Å². The fraction of sp³-hybridized carbons (Fsp3) is 0.450. The van der Waals surface area contributed by atoms with Gasteiger partial charge >= 0.3 is 0 Å². The maximum atomic E-state index is 13.1. The molecule has 1 aromatic heterocycles. The van der Waals surface area contributed by atoms with Gasteiger partial charge in [0.1, 0.15) is 6.26 Å². The average molecular weight is 388 g/mol. The second-order valence-electron chi connectivity index (χ2n) is 7.33. The minimum absolute atomic E-state index is 0.0239. The standard InChI is InChI=1S/C20H24N2O4S/c1-16-13-25-14-18(16)19(23)22-9-10-26-20(15-22)7-11-27(24,12-8-20)21-17-5-3-2-4-6-17/h2-6,13-14H,7-12,15H2,1H3. The first-order chi connectivity index (χ1) is 13.0. The van der Waals surface area contributed by atoms with Gasteiger partial charge in [-0.3, -0.25) is 4.79 Å². The van der Waals surface area contributed by atoms with Crippen molar-refractivity contribution in [1.29, 1.82) is 0 Å². The van der Waals surface area contributed by atoms with Gasteiger partial charge < -0.3 is 14.1 Å². The Hall–Kier alpha value is -2.12. The van der Waals surface area contributed by atoms with Crippen molar-refractivity contribution in [2.45, 2.75) is 25.4 Å². The lowest BCUT2D eigenvalue weighted by molar-refractivity contribution is -0.104. The van der Waals surface area contributed by atoms with Gasteiger partial charge in [0.25, 0.3) is 5.91 Å². The van der Waals surface area contributed by atoms with Crippen LogP contribution in [0.4, 0.5) is 5.69 Å². The molecule has 0 saturated carbocycles. The van der Waals surface area contributed by atoms with Crippen molar-refractivity contribution in [2.24, 2.45) is 4.36 Å². The summed E-state index contributed by atoms with van der Waals surface area (Å²) >= 11 is 0. The van der Waals surface area contributed by atoms with E-state index in [2.05, 4.69) is 4.36 Å². The minimum atomic E-state index is -2.28. The molecule has 2 saturated heterocycles. The molecule has 0 N–H and O–H groups in total. The lowest BCUT2D eigenvalue weighted by atomic mass is 9.94. The third kappa shape index (κ3) is 3.80. The molecule has 1 aromatic carbocycles. The van der Waals surface area contributed by atoms with Gasteiger partial charge in [-0.05, 0) is 37.5 Å². The minimum Gasteiger partial charge on any atom is -0.471 e. The first-order valence-electron chi connectivity index (χ1n) is 9.22. The normalized spacial score (nSPS) is 28.3. The summed E-state index contributed by atoms with van der Waals surface area (Å²) in [4.78, 5) is 14.6. The number of hydrogen-bond acceptors (Lipinski definition) is 5. The molecule has 3 heterocycles. The molecule has 2 fully saturated rings. The van der Waals surface area contributed by atoms with E-state index in [-0.39, 0.29) is 5.91 Å². The highest BCUT2D eigenvalue weighted by Gasteiger charge is 2.42. The summed E-state index contributed by atoms with van der Waals surface area (Å²) in [6.07, 6.45) is 4.39. The van der Waals surface area contributed by atoms with E-state index in [4.69, 9.17) is 9.15 Å². The van der Waals surface area contributed by atoms with Gasteiger partial charge in [0.2, 0.25) is 0 Å². The molecule has 1 amide bonds. The molecule has 2 aliphatic heterocycles. The predicted molar refractivity (Wildman–Crippen MR) is 104 cm³/mol. The quantitative estimate of drug-likeness (QED) is 0.790. The zero-order chi connectivity index (χ0) is 18.9. The summed E-state index contributed by atoms with van der Waals surface area (Å²) in [5.74, 6) is 0.966. The van der Waals surface area contributed by atoms with E-state index in [0.29, 0.717) is 49.6 Å². The third-order valence-corrected chi connectivity index (χ3v) is 7.63. The van der Waals surface area contributed by atoms with Crippen LogP contribution >= 0.6 is 0 Å². The summed E-state index contributed by atoms with van der Waals surface area (Å²) in [5, 5.41) is 0. The fourth-order valence-electron chi connectivity index (χ4n) is 3.76. The monoisotopic (exact) mass is 388 g/mol. The van der Waals surface area contributed by atoms with E-state index in [1.54, 1.807) is 6.26 Å². The number of benzene rings is 1. The number of aryl methyl sites for hydroxylation is 1. The molecule has 27 heavy (non-hydrogen) atoms. The summed E-state index contributed by atoms with van der Waals surface area (Å²) in [6, 6.07) is 9.48. The van der Waals surface area contributed by atoms with Crippen LogP contribution in [0.1, 0.15) is 28.8 Å². The van der Waals surface area contributed by atoms with E-state index >= 15 is 0 Å². The Kier molecular flexibility index (Phi) is 4.82. The van der Waals surface area contributed by atoms with E-state index < -0.39 is 15.3 Å². The van der Waals surface area contributed by atoms with Crippen molar-refractivity contribution in [3.8, 4) is 0 Å². The Balaban J connectivity index is 1.48. The largest absolute Gasteiger partial charge is 0.471 e. The Morgan fingerprint density at radius 1 is 1.19 bits per heavy atom. The van der Waals surface area contributed by atoms with Crippen molar-refractivity contribution in [1.82, 2.24) is 4.90 Å². The zero-order valence-electron chi connectivity index (χ0n) is 15.4. The molecule has 0 radical (unpaired) electrons. The van der Waals surface area contributed by atoms with Crippen molar-refractivity contribution >= 4 is 21.3 Å². The van der Waals surface area contributed by atoms with Gasteiger partial charge in [-0.15, -0.1) is 0 Å². The van der Waals surface area contributed by atoms with Crippen molar-refractivity contribution < 1.29 is 18.2 Å². The topological polar surface area (TPSA) is 72.1 Å². The molecular formula is C20H24N2O4S. The van der Waals surface area contributed by atoms with E-state index in [0.717, 1.165) is 11.3 Å². The average Bonchev–Trinajstić information content (AvgIpc) is 3.11. The molecule has 0 aliphatic carbocycles. The highest BCUT2D eigenvalue weighted by molar-refractivity contribution is 7.93. The third-order valence-electron chi connectivity index (χ3n) is 5.40. The molecule has 7 heteroatoms. The number of nitrogens with zero attached hydrogens (tertiary/aromatic N) is 2. The highest BCUT2D eigenvalue weighted by atomic mass is 32.2. The molecule has 4 rings (SSSR count). The maximum Gasteiger partial charge on any atom is 0.257 e. The van der Waals surface area contributed by atoms with Crippen LogP contribution in [0.5, 0.6) is 0 Å². The zero-order valence-corrected chi connectivity index (χ0v) is 16.2. The summed E-state index contributed by atoms with van der Waals surface area (Å²) < 4.78 is 28.9. The number of furan rings is 1. The number of hydrogen-bond donors (Lipinski definition) is 0. The molecular weight excluding hydrogens is 364 g/mol. The second-order valence-corrected chi connectivity index (χ2v) is 9.88. The Morgan fingerprint density at radius 2 is 1.93 bits per heavy atom. The van der Waals surface area contributed by atoms with Crippen LogP contribution < -0.4 is 0 Å². The molecule has 144 valence electrons. The predicted octanol–water partition coefficient (Wildman–Crippen LogP) is 3.39. The summed E-state index contributed by atoms with van der Waals surface area (Å²) in [5.41, 5.74) is 1.79. The van der Waals surface area contributed by atoms with Gasteiger partial charge in [0.05, 0.1) is 46.0 Å². The molecule has 0 atom stereocenters. The fourth-order valence-corrected chi connectivity index (χ4v) is 6.04. The van der Waals surface area contributed by atoms with Crippen molar-refractivity contribution in [3.05, 3.63) is 54.0 Å². The van der Waals surface area contributed by atoms with Crippen molar-refractivity contribution in [2.75, 3.05) is 31.2 Å². The van der Waals surface area contributed by atoms with Gasteiger partial charge in [0, 0.05) is 18.1 Å². The lowest BCUT2D eigenvalue weighted by Crippen LogP contribution is -2.56. The molecule has 6 nitrogen and oxygen atoms in total. The molecule has 1 spiro atoms. The van der Waals surface area contributed by atoms with E-state index in [1.165, 1.54) is 6.26 Å². The van der Waals surface area contributed by atoms with Crippen LogP contribution in [0.15, 0.2) is 51.6 Å². The first-order valence-corrected chi connectivity index (χ1v) is 11.1. The van der Waals surface area contributed by atoms with Crippen molar-refractivity contribution in [3.63, 3.8) is 0 Å². The van der Waals surface area contributed by atoms with Crippen LogP contribution in [0.2, 0.25) is 0 Å². The van der Waals surface area contributed by atoms with Gasteiger partial charge in [-0.1, -0.05) is 18.2 Å². The summed E-state index contributed by atoms with van der Waals surface area (Å²) in [6.45, 7) is 3.46. The van der Waals surface area contributed by atoms with Crippen LogP contribution in [0, 0.1) is 6.92 Å². The lowest BCUT2D eigenvalue weighted by Gasteiger charge is -2.45. The van der Waals surface area contributed by atoms with Crippen LogP contribution in [0.25, 0.3) is 0 Å². The smallest absolute Gasteiger partial charge is 0.257 e. The Labute approximate surface area is 159 Å². The SMILES string of the molecule is Cc1cocc1C(=O)N1CCOC2(CCS(=O)(=Nc3ccccc3)CC2)C1. The number of carbonyl (C=O) groups excluding carboxylic acids is 1. The summed E-state index contributed by atoms with van der Waals surface area (Å²) in [7, 11) is -2.28. The van der Waals surface area contributed by atoms with Crippen LogP contribution in [-0.4, -0.2) is 51.8 Å². The second kappa shape index (κ2) is 7.13. The van der Waals surface area contributed by atoms with Crippen LogP contribution in [0.3, 0.4) is 0 Å². The molecule has 2 aromatic rings. The Morgan fingerprint density at radius 3 is 2.59 bits per heavy atom. The molecule has 2 aliphatic rings. The number of morpholine rings is 1. The van der Waals surface area contributed by atoms with Gasteiger partial charge in [-0.2, -0.15) is 4.36 Å². The first kappa shape index (κ1) is 18.3. The molecule has 0 unspecified atom stereocenters. The highest BCUT2D eigenvalue weighted by Crippen LogP contribution is 2.33. The Bertz CT molecular complexity index is 930. The van der Waals surface area contributed by atoms with Gasteiger partial charge in [0.15, 0.2) is 0 Å². The number of rotatable bonds is 2. The van der Waals surface area contributed by atoms with Crippen LogP contribution in [-0.2, 0) is 14.5 Å². The number of amides is 1. The number of carbonyl (C=O) groups is 1. The number of ether oxygens (including phenoxy) is 1. The molecule has 0 bridgehead atoms. The van der Waals surface area contributed by atoms with E-state index in [9.17, 15) is 9.00 Å². The maximum absolute atomic E-state index is 13.1. The van der Waals surface area contributed by atoms with E-state index in [1.807, 2.05) is 42.2 Å².